The molecule has 1 aliphatic rings. The van der Waals surface area contributed by atoms with Crippen LogP contribution >= 0.6 is 0 Å². The van der Waals surface area contributed by atoms with E-state index in [1.165, 1.54) is 6.92 Å². The van der Waals surface area contributed by atoms with Crippen molar-refractivity contribution >= 4 is 17.6 Å². The standard InChI is InChI=1S/C23H26N2O4/c1-17(26)20-8-5-9-21(14-20)29-16-22(27)25-12-10-19(11-13-25)23(28)24-15-18-6-3-2-4-7-18/h2-9,14,19H,10-13,15-16H2,1H3,(H,24,28). The van der Waals surface area contributed by atoms with Gasteiger partial charge in [0.2, 0.25) is 5.91 Å². The van der Waals surface area contributed by atoms with Crippen molar-refractivity contribution in [3.05, 3.63) is 65.7 Å². The lowest BCUT2D eigenvalue weighted by molar-refractivity contribution is -0.137. The zero-order valence-electron chi connectivity index (χ0n) is 16.6. The van der Waals surface area contributed by atoms with Crippen LogP contribution in [0.1, 0.15) is 35.7 Å². The smallest absolute Gasteiger partial charge is 0.260 e. The quantitative estimate of drug-likeness (QED) is 0.733. The third-order valence-electron chi connectivity index (χ3n) is 5.13. The summed E-state index contributed by atoms with van der Waals surface area (Å²) in [6.45, 7) is 3.01. The number of hydrogen-bond acceptors (Lipinski definition) is 4. The van der Waals surface area contributed by atoms with E-state index in [4.69, 9.17) is 4.74 Å². The average Bonchev–Trinajstić information content (AvgIpc) is 2.77. The van der Waals surface area contributed by atoms with Gasteiger partial charge in [-0.05, 0) is 37.5 Å². The number of hydrogen-bond donors (Lipinski definition) is 1. The third kappa shape index (κ3) is 5.91. The summed E-state index contributed by atoms with van der Waals surface area (Å²) >= 11 is 0. The molecule has 2 aromatic rings. The summed E-state index contributed by atoms with van der Waals surface area (Å²) in [5.74, 6) is 0.311. The SMILES string of the molecule is CC(=O)c1cccc(OCC(=O)N2CCC(C(=O)NCc3ccccc3)CC2)c1. The fourth-order valence-corrected chi connectivity index (χ4v) is 3.36. The number of likely N-dealkylation sites (tertiary alicyclic amines) is 1. The van der Waals surface area contributed by atoms with E-state index in [0.717, 1.165) is 5.56 Å². The van der Waals surface area contributed by atoms with Crippen molar-refractivity contribution in [3.8, 4) is 5.75 Å². The van der Waals surface area contributed by atoms with Crippen molar-refractivity contribution < 1.29 is 19.1 Å². The van der Waals surface area contributed by atoms with E-state index in [1.54, 1.807) is 29.2 Å². The summed E-state index contributed by atoms with van der Waals surface area (Å²) < 4.78 is 5.55. The van der Waals surface area contributed by atoms with E-state index in [-0.39, 0.29) is 30.1 Å². The molecule has 29 heavy (non-hydrogen) atoms. The van der Waals surface area contributed by atoms with E-state index in [0.29, 0.717) is 43.8 Å². The molecule has 0 spiro atoms. The van der Waals surface area contributed by atoms with Crippen LogP contribution < -0.4 is 10.1 Å². The summed E-state index contributed by atoms with van der Waals surface area (Å²) in [5, 5.41) is 2.98. The lowest BCUT2D eigenvalue weighted by Gasteiger charge is -2.31. The molecule has 0 aromatic heterocycles. The molecule has 1 fully saturated rings. The molecule has 152 valence electrons. The maximum Gasteiger partial charge on any atom is 0.260 e. The zero-order valence-corrected chi connectivity index (χ0v) is 16.6. The topological polar surface area (TPSA) is 75.7 Å². The first-order valence-electron chi connectivity index (χ1n) is 9.86. The molecular weight excluding hydrogens is 368 g/mol. The van der Waals surface area contributed by atoms with Gasteiger partial charge in [0.15, 0.2) is 12.4 Å². The number of amides is 2. The van der Waals surface area contributed by atoms with Gasteiger partial charge in [-0.25, -0.2) is 0 Å². The average molecular weight is 394 g/mol. The summed E-state index contributed by atoms with van der Waals surface area (Å²) in [6, 6.07) is 16.6. The monoisotopic (exact) mass is 394 g/mol. The Labute approximate surface area is 170 Å². The molecule has 2 aromatic carbocycles. The highest BCUT2D eigenvalue weighted by atomic mass is 16.5. The molecule has 0 atom stereocenters. The third-order valence-corrected chi connectivity index (χ3v) is 5.13. The Morgan fingerprint density at radius 3 is 2.45 bits per heavy atom. The van der Waals surface area contributed by atoms with Gasteiger partial charge < -0.3 is 15.0 Å². The van der Waals surface area contributed by atoms with Gasteiger partial charge in [0.25, 0.3) is 5.91 Å². The summed E-state index contributed by atoms with van der Waals surface area (Å²) in [4.78, 5) is 38.0. The number of rotatable bonds is 7. The molecule has 0 aliphatic carbocycles. The Hall–Kier alpha value is -3.15. The Bertz CT molecular complexity index is 858. The van der Waals surface area contributed by atoms with Gasteiger partial charge in [-0.1, -0.05) is 42.5 Å². The van der Waals surface area contributed by atoms with Crippen molar-refractivity contribution in [2.45, 2.75) is 26.3 Å². The molecule has 1 aliphatic heterocycles. The van der Waals surface area contributed by atoms with Crippen LogP contribution in [0.3, 0.4) is 0 Å². The maximum atomic E-state index is 12.4. The van der Waals surface area contributed by atoms with Crippen LogP contribution in [0, 0.1) is 5.92 Å². The Morgan fingerprint density at radius 1 is 1.03 bits per heavy atom. The molecule has 1 N–H and O–H groups in total. The molecule has 0 bridgehead atoms. The largest absolute Gasteiger partial charge is 0.484 e. The maximum absolute atomic E-state index is 12.4. The predicted molar refractivity (Wildman–Crippen MR) is 110 cm³/mol. The molecule has 1 heterocycles. The minimum atomic E-state index is -0.110. The second-order valence-electron chi connectivity index (χ2n) is 7.23. The molecule has 6 nitrogen and oxygen atoms in total. The van der Waals surface area contributed by atoms with Gasteiger partial charge in [0.05, 0.1) is 0 Å². The van der Waals surface area contributed by atoms with Crippen molar-refractivity contribution in [1.82, 2.24) is 10.2 Å². The Morgan fingerprint density at radius 2 is 1.76 bits per heavy atom. The highest BCUT2D eigenvalue weighted by molar-refractivity contribution is 5.94. The Balaban J connectivity index is 1.41. The lowest BCUT2D eigenvalue weighted by Crippen LogP contribution is -2.44. The first kappa shape index (κ1) is 20.6. The van der Waals surface area contributed by atoms with Crippen LogP contribution in [0.5, 0.6) is 5.75 Å². The number of ketones is 1. The van der Waals surface area contributed by atoms with Crippen LogP contribution in [-0.2, 0) is 16.1 Å². The van der Waals surface area contributed by atoms with Crippen molar-refractivity contribution in [2.24, 2.45) is 5.92 Å². The molecule has 0 saturated carbocycles. The molecule has 1 saturated heterocycles. The highest BCUT2D eigenvalue weighted by Gasteiger charge is 2.27. The number of benzene rings is 2. The van der Waals surface area contributed by atoms with Crippen molar-refractivity contribution in [2.75, 3.05) is 19.7 Å². The van der Waals surface area contributed by atoms with E-state index in [2.05, 4.69) is 5.32 Å². The number of Topliss-reactive ketones (excluding diaryl/α,β-unsaturated/α-hetero) is 1. The molecule has 0 unspecified atom stereocenters. The number of ether oxygens (including phenoxy) is 1. The lowest BCUT2D eigenvalue weighted by atomic mass is 9.96. The summed E-state index contributed by atoms with van der Waals surface area (Å²) in [6.07, 6.45) is 1.29. The van der Waals surface area contributed by atoms with Gasteiger partial charge in [0, 0.05) is 31.1 Å². The Kier molecular flexibility index (Phi) is 7.00. The van der Waals surface area contributed by atoms with Gasteiger partial charge in [-0.2, -0.15) is 0 Å². The minimum absolute atomic E-state index is 0.0400. The zero-order chi connectivity index (χ0) is 20.6. The fraction of sp³-hybridized carbons (Fsp3) is 0.348. The van der Waals surface area contributed by atoms with Crippen LogP contribution in [0.15, 0.2) is 54.6 Å². The first-order chi connectivity index (χ1) is 14.0. The summed E-state index contributed by atoms with van der Waals surface area (Å²) in [7, 11) is 0. The van der Waals surface area contributed by atoms with E-state index in [9.17, 15) is 14.4 Å². The van der Waals surface area contributed by atoms with E-state index in [1.807, 2.05) is 30.3 Å². The van der Waals surface area contributed by atoms with Crippen molar-refractivity contribution in [1.29, 1.82) is 0 Å². The number of carbonyl (C=O) groups excluding carboxylic acids is 3. The fourth-order valence-electron chi connectivity index (χ4n) is 3.36. The number of piperidine rings is 1. The predicted octanol–water partition coefficient (Wildman–Crippen LogP) is 2.82. The molecule has 3 rings (SSSR count). The van der Waals surface area contributed by atoms with Crippen molar-refractivity contribution in [3.63, 3.8) is 0 Å². The molecule has 6 heteroatoms. The van der Waals surface area contributed by atoms with Gasteiger partial charge in [-0.3, -0.25) is 14.4 Å². The summed E-state index contributed by atoms with van der Waals surface area (Å²) in [5.41, 5.74) is 1.62. The minimum Gasteiger partial charge on any atom is -0.484 e. The van der Waals surface area contributed by atoms with Gasteiger partial charge in [0.1, 0.15) is 5.75 Å². The molecule has 0 radical (unpaired) electrons. The first-order valence-corrected chi connectivity index (χ1v) is 9.86. The van der Waals surface area contributed by atoms with Gasteiger partial charge in [-0.15, -0.1) is 0 Å². The van der Waals surface area contributed by atoms with Crippen LogP contribution in [0.4, 0.5) is 0 Å². The molecular formula is C23H26N2O4. The number of nitrogens with zero attached hydrogens (tertiary/aromatic N) is 1. The number of nitrogens with one attached hydrogen (secondary N) is 1. The number of carbonyl (C=O) groups is 3. The van der Waals surface area contributed by atoms with Gasteiger partial charge >= 0.3 is 0 Å². The van der Waals surface area contributed by atoms with E-state index >= 15 is 0 Å². The normalized spacial score (nSPS) is 14.3. The highest BCUT2D eigenvalue weighted by Crippen LogP contribution is 2.19. The van der Waals surface area contributed by atoms with Crippen LogP contribution in [-0.4, -0.2) is 42.2 Å². The van der Waals surface area contributed by atoms with E-state index < -0.39 is 0 Å². The molecule has 2 amide bonds. The second kappa shape index (κ2) is 9.87. The van der Waals surface area contributed by atoms with Crippen LogP contribution in [0.2, 0.25) is 0 Å². The second-order valence-corrected chi connectivity index (χ2v) is 7.23. The van der Waals surface area contributed by atoms with Crippen LogP contribution in [0.25, 0.3) is 0 Å².